The van der Waals surface area contributed by atoms with Gasteiger partial charge in [0.25, 0.3) is 0 Å². The molecule has 1 unspecified atom stereocenters. The normalized spacial score (nSPS) is 28.4. The molecule has 2 aliphatic rings. The Hall–Kier alpha value is -1.10. The molecule has 1 aliphatic heterocycles. The number of aliphatic hydroxyl groups excluding tert-OH is 1. The summed E-state index contributed by atoms with van der Waals surface area (Å²) >= 11 is 0. The van der Waals surface area contributed by atoms with Crippen molar-refractivity contribution in [2.75, 3.05) is 13.1 Å². The predicted molar refractivity (Wildman–Crippen MR) is 79.9 cm³/mol. The number of piperidine rings is 1. The van der Waals surface area contributed by atoms with Gasteiger partial charge in [0.05, 0.1) is 18.1 Å². The van der Waals surface area contributed by atoms with E-state index in [9.17, 15) is 9.90 Å². The highest BCUT2D eigenvalue weighted by molar-refractivity contribution is 5.85. The molecule has 1 fully saturated rings. The van der Waals surface area contributed by atoms with Crippen LogP contribution in [0.2, 0.25) is 0 Å². The first kappa shape index (κ1) is 15.3. The molecular formula is C15H21ClN2O2. The maximum atomic E-state index is 12.2. The van der Waals surface area contributed by atoms with Crippen LogP contribution in [0.1, 0.15) is 30.0 Å². The van der Waals surface area contributed by atoms with E-state index in [0.29, 0.717) is 6.42 Å². The van der Waals surface area contributed by atoms with Gasteiger partial charge in [-0.2, -0.15) is 0 Å². The molecule has 0 spiro atoms. The molecule has 3 rings (SSSR count). The van der Waals surface area contributed by atoms with Crippen LogP contribution in [0.5, 0.6) is 0 Å². The molecule has 0 radical (unpaired) electrons. The van der Waals surface area contributed by atoms with Crippen LogP contribution in [-0.4, -0.2) is 30.2 Å². The second-order valence-electron chi connectivity index (χ2n) is 5.50. The minimum atomic E-state index is -0.502. The summed E-state index contributed by atoms with van der Waals surface area (Å²) in [5.41, 5.74) is 2.20. The van der Waals surface area contributed by atoms with Crippen LogP contribution in [0, 0.1) is 5.92 Å². The lowest BCUT2D eigenvalue weighted by atomic mass is 9.97. The standard InChI is InChI=1S/C15H20N2O2.ClH/c18-13-8-10-4-1-2-6-12(10)14(13)17-15(19)11-5-3-7-16-9-11;/h1-2,4,6,11,13-14,16,18H,3,5,7-9H2,(H,17,19);1H/t11?,13-,14+;/m0./s1. The molecule has 1 aromatic carbocycles. The van der Waals surface area contributed by atoms with Crippen LogP contribution in [0.25, 0.3) is 0 Å². The summed E-state index contributed by atoms with van der Waals surface area (Å²) in [6.45, 7) is 1.75. The van der Waals surface area contributed by atoms with E-state index >= 15 is 0 Å². The number of rotatable bonds is 2. The quantitative estimate of drug-likeness (QED) is 0.768. The number of halogens is 1. The Morgan fingerprint density at radius 2 is 2.15 bits per heavy atom. The van der Waals surface area contributed by atoms with Crippen LogP contribution in [0.4, 0.5) is 0 Å². The van der Waals surface area contributed by atoms with Crippen LogP contribution >= 0.6 is 12.4 Å². The molecule has 1 amide bonds. The Morgan fingerprint density at radius 1 is 1.35 bits per heavy atom. The van der Waals surface area contributed by atoms with Gasteiger partial charge in [-0.1, -0.05) is 24.3 Å². The average molecular weight is 297 g/mol. The third-order valence-corrected chi connectivity index (χ3v) is 4.17. The van der Waals surface area contributed by atoms with E-state index in [4.69, 9.17) is 0 Å². The molecule has 0 bridgehead atoms. The van der Waals surface area contributed by atoms with E-state index in [0.717, 1.165) is 37.1 Å². The number of carbonyl (C=O) groups excluding carboxylic acids is 1. The zero-order valence-electron chi connectivity index (χ0n) is 11.3. The predicted octanol–water partition coefficient (Wildman–Crippen LogP) is 1.18. The maximum Gasteiger partial charge on any atom is 0.224 e. The summed E-state index contributed by atoms with van der Waals surface area (Å²) in [6.07, 6.45) is 2.10. The molecule has 20 heavy (non-hydrogen) atoms. The van der Waals surface area contributed by atoms with Crippen molar-refractivity contribution < 1.29 is 9.90 Å². The van der Waals surface area contributed by atoms with Crippen molar-refractivity contribution in [1.29, 1.82) is 0 Å². The molecule has 3 N–H and O–H groups in total. The Morgan fingerprint density at radius 3 is 2.90 bits per heavy atom. The number of aliphatic hydroxyl groups is 1. The van der Waals surface area contributed by atoms with Gasteiger partial charge in [0.1, 0.15) is 0 Å². The van der Waals surface area contributed by atoms with Crippen LogP contribution in [0.3, 0.4) is 0 Å². The van der Waals surface area contributed by atoms with Crippen molar-refractivity contribution in [3.63, 3.8) is 0 Å². The van der Waals surface area contributed by atoms with Gasteiger partial charge in [0.15, 0.2) is 0 Å². The van der Waals surface area contributed by atoms with Crippen molar-refractivity contribution in [1.82, 2.24) is 10.6 Å². The largest absolute Gasteiger partial charge is 0.390 e. The van der Waals surface area contributed by atoms with Crippen molar-refractivity contribution >= 4 is 18.3 Å². The molecule has 1 aromatic rings. The number of benzene rings is 1. The summed E-state index contributed by atoms with van der Waals surface area (Å²) in [6, 6.07) is 7.70. The minimum Gasteiger partial charge on any atom is -0.390 e. The monoisotopic (exact) mass is 296 g/mol. The molecule has 1 heterocycles. The number of carbonyl (C=O) groups is 1. The van der Waals surface area contributed by atoms with Gasteiger partial charge < -0.3 is 15.7 Å². The first-order chi connectivity index (χ1) is 9.25. The van der Waals surface area contributed by atoms with Crippen molar-refractivity contribution in [2.45, 2.75) is 31.4 Å². The summed E-state index contributed by atoms with van der Waals surface area (Å²) in [7, 11) is 0. The van der Waals surface area contributed by atoms with Crippen molar-refractivity contribution in [3.05, 3.63) is 35.4 Å². The molecule has 1 saturated heterocycles. The minimum absolute atomic E-state index is 0. The fourth-order valence-corrected chi connectivity index (χ4v) is 3.09. The van der Waals surface area contributed by atoms with E-state index in [1.807, 2.05) is 24.3 Å². The zero-order chi connectivity index (χ0) is 13.2. The van der Waals surface area contributed by atoms with Crippen LogP contribution < -0.4 is 10.6 Å². The first-order valence-electron chi connectivity index (χ1n) is 7.02. The molecular weight excluding hydrogens is 276 g/mol. The second-order valence-corrected chi connectivity index (χ2v) is 5.50. The number of hydrogen-bond donors (Lipinski definition) is 3. The zero-order valence-corrected chi connectivity index (χ0v) is 12.2. The fourth-order valence-electron chi connectivity index (χ4n) is 3.09. The van der Waals surface area contributed by atoms with E-state index < -0.39 is 6.10 Å². The van der Waals surface area contributed by atoms with Gasteiger partial charge in [0, 0.05) is 13.0 Å². The van der Waals surface area contributed by atoms with Gasteiger partial charge in [0.2, 0.25) is 5.91 Å². The van der Waals surface area contributed by atoms with Crippen molar-refractivity contribution in [3.8, 4) is 0 Å². The Balaban J connectivity index is 0.00000147. The topological polar surface area (TPSA) is 61.4 Å². The Labute approximate surface area is 125 Å². The average Bonchev–Trinajstić information content (AvgIpc) is 2.76. The Kier molecular flexibility index (Phi) is 5.02. The number of fused-ring (bicyclic) bond motifs is 1. The third kappa shape index (κ3) is 2.97. The second kappa shape index (κ2) is 6.57. The molecule has 1 aliphatic carbocycles. The van der Waals surface area contributed by atoms with Gasteiger partial charge >= 0.3 is 0 Å². The lowest BCUT2D eigenvalue weighted by Gasteiger charge is -2.25. The maximum absolute atomic E-state index is 12.2. The van der Waals surface area contributed by atoms with E-state index in [-0.39, 0.29) is 30.3 Å². The lowest BCUT2D eigenvalue weighted by Crippen LogP contribution is -2.43. The molecule has 0 aromatic heterocycles. The number of amides is 1. The van der Waals surface area contributed by atoms with E-state index in [1.54, 1.807) is 0 Å². The highest BCUT2D eigenvalue weighted by Crippen LogP contribution is 2.31. The van der Waals surface area contributed by atoms with Crippen LogP contribution in [-0.2, 0) is 11.2 Å². The SMILES string of the molecule is Cl.O=C(N[C@@H]1c2ccccc2C[C@@H]1O)C1CCCNC1. The summed E-state index contributed by atoms with van der Waals surface area (Å²) in [5.74, 6) is 0.0988. The van der Waals surface area contributed by atoms with E-state index in [2.05, 4.69) is 10.6 Å². The number of hydrogen-bond acceptors (Lipinski definition) is 3. The first-order valence-corrected chi connectivity index (χ1v) is 7.02. The van der Waals surface area contributed by atoms with Gasteiger partial charge in [-0.3, -0.25) is 4.79 Å². The van der Waals surface area contributed by atoms with E-state index in [1.165, 1.54) is 0 Å². The summed E-state index contributed by atoms with van der Waals surface area (Å²) < 4.78 is 0. The van der Waals surface area contributed by atoms with Crippen LogP contribution in [0.15, 0.2) is 24.3 Å². The smallest absolute Gasteiger partial charge is 0.224 e. The highest BCUT2D eigenvalue weighted by Gasteiger charge is 2.33. The Bertz CT molecular complexity index is 475. The highest BCUT2D eigenvalue weighted by atomic mass is 35.5. The molecule has 5 heteroatoms. The molecule has 110 valence electrons. The van der Waals surface area contributed by atoms with Gasteiger partial charge in [-0.25, -0.2) is 0 Å². The van der Waals surface area contributed by atoms with Crippen molar-refractivity contribution in [2.24, 2.45) is 5.92 Å². The van der Waals surface area contributed by atoms with Gasteiger partial charge in [-0.15, -0.1) is 12.4 Å². The third-order valence-electron chi connectivity index (χ3n) is 4.17. The van der Waals surface area contributed by atoms with Gasteiger partial charge in [-0.05, 0) is 30.5 Å². The molecule has 4 nitrogen and oxygen atoms in total. The number of nitrogens with one attached hydrogen (secondary N) is 2. The molecule has 3 atom stereocenters. The summed E-state index contributed by atoms with van der Waals surface area (Å²) in [5, 5.41) is 16.4. The summed E-state index contributed by atoms with van der Waals surface area (Å²) in [4.78, 5) is 12.2. The fraction of sp³-hybridized carbons (Fsp3) is 0.533. The lowest BCUT2D eigenvalue weighted by molar-refractivity contribution is -0.127. The molecule has 0 saturated carbocycles.